The van der Waals surface area contributed by atoms with E-state index in [1.165, 1.54) is 12.8 Å². The summed E-state index contributed by atoms with van der Waals surface area (Å²) >= 11 is 0. The van der Waals surface area contributed by atoms with Gasteiger partial charge in [-0.1, -0.05) is 33.3 Å². The van der Waals surface area contributed by atoms with Crippen LogP contribution < -0.4 is 10.5 Å². The lowest BCUT2D eigenvalue weighted by atomic mass is 9.75. The van der Waals surface area contributed by atoms with Crippen molar-refractivity contribution in [1.82, 2.24) is 4.98 Å². The minimum Gasteiger partial charge on any atom is -0.489 e. The Morgan fingerprint density at radius 1 is 1.32 bits per heavy atom. The number of esters is 1. The first-order valence-electron chi connectivity index (χ1n) is 10.4. The molecule has 0 aliphatic heterocycles. The number of pyridine rings is 1. The highest BCUT2D eigenvalue weighted by Gasteiger charge is 2.33. The molecule has 2 aromatic rings. The predicted molar refractivity (Wildman–Crippen MR) is 113 cm³/mol. The van der Waals surface area contributed by atoms with Gasteiger partial charge < -0.3 is 15.2 Å². The Labute approximate surface area is 167 Å². The van der Waals surface area contributed by atoms with Gasteiger partial charge in [-0.05, 0) is 56.6 Å². The number of aryl methyl sites for hydroxylation is 1. The lowest BCUT2D eigenvalue weighted by Gasteiger charge is -2.37. The van der Waals surface area contributed by atoms with Gasteiger partial charge in [0.15, 0.2) is 0 Å². The standard InChI is InChI=1S/C23H32N2O3/c1-6-27-23(26)20-15(5)25-17-8-7-9-18(21(17)22(20)24)28-19-12-14(4)10-11-16(19)13(2)3/h7-9,13-14,16,19H,6,10-12H2,1-5H3,(H2,24,25)/t14-,16+,19-/m1/s1. The zero-order valence-corrected chi connectivity index (χ0v) is 17.6. The number of fused-ring (bicyclic) bond motifs is 1. The van der Waals surface area contributed by atoms with E-state index in [0.717, 1.165) is 11.9 Å². The van der Waals surface area contributed by atoms with Crippen LogP contribution in [0.3, 0.4) is 0 Å². The molecule has 3 atom stereocenters. The normalized spacial score (nSPS) is 22.4. The maximum Gasteiger partial charge on any atom is 0.342 e. The summed E-state index contributed by atoms with van der Waals surface area (Å²) in [5.74, 6) is 1.98. The Morgan fingerprint density at radius 3 is 2.75 bits per heavy atom. The minimum atomic E-state index is -0.437. The molecule has 1 aromatic heterocycles. The molecule has 0 radical (unpaired) electrons. The van der Waals surface area contributed by atoms with Crippen molar-refractivity contribution in [1.29, 1.82) is 0 Å². The molecule has 28 heavy (non-hydrogen) atoms. The molecular weight excluding hydrogens is 352 g/mol. The number of nitrogen functional groups attached to an aromatic ring is 1. The van der Waals surface area contributed by atoms with Crippen molar-refractivity contribution in [2.24, 2.45) is 17.8 Å². The zero-order chi connectivity index (χ0) is 20.4. The Bertz CT molecular complexity index is 863. The van der Waals surface area contributed by atoms with E-state index in [9.17, 15) is 4.79 Å². The third kappa shape index (κ3) is 3.94. The van der Waals surface area contributed by atoms with Crippen molar-refractivity contribution in [2.45, 2.75) is 60.0 Å². The summed E-state index contributed by atoms with van der Waals surface area (Å²) in [5, 5.41) is 0.705. The zero-order valence-electron chi connectivity index (χ0n) is 17.6. The molecule has 5 heteroatoms. The van der Waals surface area contributed by atoms with Gasteiger partial charge in [0.05, 0.1) is 28.9 Å². The van der Waals surface area contributed by atoms with Crippen molar-refractivity contribution in [2.75, 3.05) is 12.3 Å². The van der Waals surface area contributed by atoms with Crippen LogP contribution in [0.25, 0.3) is 10.9 Å². The van der Waals surface area contributed by atoms with Gasteiger partial charge in [0.2, 0.25) is 0 Å². The second-order valence-electron chi connectivity index (χ2n) is 8.34. The second-order valence-corrected chi connectivity index (χ2v) is 8.34. The number of anilines is 1. The second kappa shape index (κ2) is 8.38. The smallest absolute Gasteiger partial charge is 0.342 e. The summed E-state index contributed by atoms with van der Waals surface area (Å²) in [7, 11) is 0. The highest BCUT2D eigenvalue weighted by Crippen LogP contribution is 2.39. The van der Waals surface area contributed by atoms with Gasteiger partial charge in [-0.15, -0.1) is 0 Å². The first-order valence-corrected chi connectivity index (χ1v) is 10.4. The number of hydrogen-bond acceptors (Lipinski definition) is 5. The summed E-state index contributed by atoms with van der Waals surface area (Å²) in [6.45, 7) is 10.7. The number of benzene rings is 1. The molecule has 5 nitrogen and oxygen atoms in total. The van der Waals surface area contributed by atoms with E-state index in [-0.39, 0.29) is 6.10 Å². The van der Waals surface area contributed by atoms with Crippen LogP contribution >= 0.6 is 0 Å². The summed E-state index contributed by atoms with van der Waals surface area (Å²) in [6, 6.07) is 5.77. The SMILES string of the molecule is CCOC(=O)c1c(C)nc2cccc(O[C@@H]3C[C@H](C)CC[C@H]3C(C)C)c2c1N. The first-order chi connectivity index (χ1) is 13.3. The third-order valence-corrected chi connectivity index (χ3v) is 5.91. The molecule has 0 spiro atoms. The Morgan fingerprint density at radius 2 is 2.07 bits per heavy atom. The van der Waals surface area contributed by atoms with Crippen LogP contribution in [0, 0.1) is 24.7 Å². The van der Waals surface area contributed by atoms with E-state index < -0.39 is 5.97 Å². The third-order valence-electron chi connectivity index (χ3n) is 5.91. The molecule has 1 heterocycles. The molecule has 1 saturated carbocycles. The Balaban J connectivity index is 2.06. The van der Waals surface area contributed by atoms with Crippen LogP contribution in [0.15, 0.2) is 18.2 Å². The van der Waals surface area contributed by atoms with Crippen molar-refractivity contribution in [3.63, 3.8) is 0 Å². The van der Waals surface area contributed by atoms with E-state index in [1.807, 2.05) is 18.2 Å². The molecule has 3 rings (SSSR count). The number of carbonyl (C=O) groups is 1. The van der Waals surface area contributed by atoms with Crippen molar-refractivity contribution >= 4 is 22.6 Å². The number of nitrogens with two attached hydrogens (primary N) is 1. The van der Waals surface area contributed by atoms with Crippen LogP contribution in [0.4, 0.5) is 5.69 Å². The molecule has 0 bridgehead atoms. The maximum absolute atomic E-state index is 12.4. The number of nitrogens with zero attached hydrogens (tertiary/aromatic N) is 1. The number of ether oxygens (including phenoxy) is 2. The molecule has 152 valence electrons. The van der Waals surface area contributed by atoms with E-state index in [2.05, 4.69) is 25.8 Å². The predicted octanol–water partition coefficient (Wildman–Crippen LogP) is 5.14. The fourth-order valence-electron chi connectivity index (χ4n) is 4.41. The lowest BCUT2D eigenvalue weighted by molar-refractivity contribution is 0.0472. The van der Waals surface area contributed by atoms with Gasteiger partial charge in [0, 0.05) is 0 Å². The monoisotopic (exact) mass is 384 g/mol. The summed E-state index contributed by atoms with van der Waals surface area (Å²) < 4.78 is 11.7. The number of rotatable bonds is 5. The first kappa shape index (κ1) is 20.4. The summed E-state index contributed by atoms with van der Waals surface area (Å²) in [4.78, 5) is 17.0. The van der Waals surface area contributed by atoms with Crippen LogP contribution in [0.5, 0.6) is 5.75 Å². The van der Waals surface area contributed by atoms with Crippen LogP contribution in [-0.2, 0) is 4.74 Å². The van der Waals surface area contributed by atoms with E-state index in [1.54, 1.807) is 13.8 Å². The maximum atomic E-state index is 12.4. The fraction of sp³-hybridized carbons (Fsp3) is 0.565. The molecule has 0 amide bonds. The van der Waals surface area contributed by atoms with Crippen molar-refractivity contribution < 1.29 is 14.3 Å². The molecule has 1 aliphatic rings. The number of hydrogen-bond donors (Lipinski definition) is 1. The van der Waals surface area contributed by atoms with Crippen LogP contribution in [0.1, 0.15) is 63.0 Å². The van der Waals surface area contributed by atoms with Crippen LogP contribution in [0.2, 0.25) is 0 Å². The molecule has 1 aliphatic carbocycles. The summed E-state index contributed by atoms with van der Waals surface area (Å²) in [6.07, 6.45) is 3.59. The van der Waals surface area contributed by atoms with Gasteiger partial charge in [0.25, 0.3) is 0 Å². The molecule has 1 aromatic carbocycles. The van der Waals surface area contributed by atoms with Gasteiger partial charge in [-0.2, -0.15) is 0 Å². The average Bonchev–Trinajstić information content (AvgIpc) is 2.61. The Kier molecular flexibility index (Phi) is 6.11. The van der Waals surface area contributed by atoms with E-state index in [4.69, 9.17) is 15.2 Å². The molecular formula is C23H32N2O3. The largest absolute Gasteiger partial charge is 0.489 e. The van der Waals surface area contributed by atoms with Gasteiger partial charge in [0.1, 0.15) is 17.4 Å². The quantitative estimate of drug-likeness (QED) is 0.722. The van der Waals surface area contributed by atoms with E-state index in [0.29, 0.717) is 52.4 Å². The fourth-order valence-corrected chi connectivity index (χ4v) is 4.41. The lowest BCUT2D eigenvalue weighted by Crippen LogP contribution is -2.36. The van der Waals surface area contributed by atoms with Gasteiger partial charge in [-0.25, -0.2) is 4.79 Å². The van der Waals surface area contributed by atoms with Crippen LogP contribution in [-0.4, -0.2) is 23.7 Å². The van der Waals surface area contributed by atoms with E-state index >= 15 is 0 Å². The molecule has 2 N–H and O–H groups in total. The average molecular weight is 385 g/mol. The highest BCUT2D eigenvalue weighted by atomic mass is 16.5. The number of carbonyl (C=O) groups excluding carboxylic acids is 1. The van der Waals surface area contributed by atoms with Gasteiger partial charge >= 0.3 is 5.97 Å². The molecule has 0 saturated heterocycles. The molecule has 1 fully saturated rings. The van der Waals surface area contributed by atoms with Crippen molar-refractivity contribution in [3.8, 4) is 5.75 Å². The van der Waals surface area contributed by atoms with Crippen molar-refractivity contribution in [3.05, 3.63) is 29.5 Å². The Hall–Kier alpha value is -2.30. The van der Waals surface area contributed by atoms with Gasteiger partial charge in [-0.3, -0.25) is 4.98 Å². The topological polar surface area (TPSA) is 74.4 Å². The minimum absolute atomic E-state index is 0.140. The highest BCUT2D eigenvalue weighted by molar-refractivity contribution is 6.07. The number of aromatic nitrogens is 1. The molecule has 0 unspecified atom stereocenters. The summed E-state index contributed by atoms with van der Waals surface area (Å²) in [5.41, 5.74) is 8.50.